The third kappa shape index (κ3) is 5.68. The van der Waals surface area contributed by atoms with E-state index in [0.717, 1.165) is 76.9 Å². The number of benzene rings is 3. The first-order chi connectivity index (χ1) is 21.5. The molecule has 4 aliphatic rings. The smallest absolute Gasteiger partial charge is 0.259 e. The van der Waals surface area contributed by atoms with Crippen molar-refractivity contribution in [2.45, 2.75) is 64.4 Å². The zero-order valence-electron chi connectivity index (χ0n) is 25.6. The highest BCUT2D eigenvalue weighted by Gasteiger charge is 2.54. The molecule has 0 radical (unpaired) electrons. The van der Waals surface area contributed by atoms with E-state index in [1.54, 1.807) is 0 Å². The van der Waals surface area contributed by atoms with E-state index in [1.807, 2.05) is 97.5 Å². The van der Waals surface area contributed by atoms with Gasteiger partial charge in [-0.05, 0) is 124 Å². The third-order valence-corrected chi connectivity index (χ3v) is 9.65. The van der Waals surface area contributed by atoms with E-state index in [0.29, 0.717) is 25.4 Å². The zero-order chi connectivity index (χ0) is 30.1. The molecule has 0 atom stereocenters. The van der Waals surface area contributed by atoms with Crippen LogP contribution in [0.3, 0.4) is 0 Å². The third-order valence-electron chi connectivity index (χ3n) is 9.65. The summed E-state index contributed by atoms with van der Waals surface area (Å²) in [5, 5.41) is 8.31. The Bertz CT molecular complexity index is 1580. The molecule has 228 valence electrons. The molecular formula is C37H41N3O4. The minimum Gasteiger partial charge on any atom is -0.490 e. The fourth-order valence-electron chi connectivity index (χ4n) is 8.23. The lowest BCUT2D eigenvalue weighted by atomic mass is 9.48. The number of aromatic nitrogens is 2. The summed E-state index contributed by atoms with van der Waals surface area (Å²) in [6.07, 6.45) is 9.43. The van der Waals surface area contributed by atoms with Crippen LogP contribution in [-0.2, 0) is 12.0 Å². The summed E-state index contributed by atoms with van der Waals surface area (Å²) >= 11 is 0. The molecular weight excluding hydrogens is 550 g/mol. The monoisotopic (exact) mass is 591 g/mol. The average molecular weight is 592 g/mol. The van der Waals surface area contributed by atoms with Gasteiger partial charge in [-0.2, -0.15) is 5.10 Å². The van der Waals surface area contributed by atoms with E-state index < -0.39 is 0 Å². The number of carbonyl (C=O) groups is 1. The number of rotatable bonds is 11. The molecule has 3 aromatic carbocycles. The van der Waals surface area contributed by atoms with Gasteiger partial charge in [0.25, 0.3) is 5.91 Å². The summed E-state index contributed by atoms with van der Waals surface area (Å²) in [6.45, 7) is 5.45. The number of carbonyl (C=O) groups excluding carboxylic acids is 1. The van der Waals surface area contributed by atoms with Crippen LogP contribution >= 0.6 is 0 Å². The Hall–Kier alpha value is -4.26. The van der Waals surface area contributed by atoms with Crippen molar-refractivity contribution in [3.05, 3.63) is 95.8 Å². The number of nitrogens with zero attached hydrogens (tertiary/aromatic N) is 2. The molecule has 1 amide bonds. The first-order valence-corrected chi connectivity index (χ1v) is 16.1. The second kappa shape index (κ2) is 12.0. The first-order valence-electron chi connectivity index (χ1n) is 16.1. The normalized spacial score (nSPS) is 23.4. The molecule has 0 aliphatic heterocycles. The van der Waals surface area contributed by atoms with Gasteiger partial charge in [0.2, 0.25) is 0 Å². The van der Waals surface area contributed by atoms with Crippen LogP contribution in [0.2, 0.25) is 0 Å². The Morgan fingerprint density at radius 2 is 1.50 bits per heavy atom. The molecule has 1 N–H and O–H groups in total. The Balaban J connectivity index is 1.08. The maximum absolute atomic E-state index is 13.9. The van der Waals surface area contributed by atoms with Gasteiger partial charge in [-0.3, -0.25) is 4.79 Å². The fourth-order valence-corrected chi connectivity index (χ4v) is 8.23. The summed E-state index contributed by atoms with van der Waals surface area (Å²) < 4.78 is 19.4. The number of amides is 1. The number of ether oxygens (including phenoxy) is 3. The van der Waals surface area contributed by atoms with Crippen LogP contribution in [0.15, 0.2) is 79.0 Å². The SMILES string of the molecule is CCOc1ccc(COc2ccc(NC(=O)c3cn(-c4ccccc4)nc3C34CC5CC(CC(C5)C3)C4)cc2)cc1OCC. The van der Waals surface area contributed by atoms with Gasteiger partial charge in [0.1, 0.15) is 12.4 Å². The highest BCUT2D eigenvalue weighted by molar-refractivity contribution is 6.05. The maximum atomic E-state index is 13.9. The summed E-state index contributed by atoms with van der Waals surface area (Å²) in [5.74, 6) is 4.36. The van der Waals surface area contributed by atoms with Crippen LogP contribution < -0.4 is 19.5 Å². The Morgan fingerprint density at radius 1 is 0.841 bits per heavy atom. The van der Waals surface area contributed by atoms with Crippen molar-refractivity contribution in [2.75, 3.05) is 18.5 Å². The predicted molar refractivity (Wildman–Crippen MR) is 171 cm³/mol. The molecule has 0 saturated heterocycles. The molecule has 7 heteroatoms. The van der Waals surface area contributed by atoms with E-state index in [1.165, 1.54) is 19.3 Å². The van der Waals surface area contributed by atoms with Crippen LogP contribution in [-0.4, -0.2) is 28.9 Å². The molecule has 1 heterocycles. The second-order valence-electron chi connectivity index (χ2n) is 12.8. The lowest BCUT2D eigenvalue weighted by molar-refractivity contribution is -0.00765. The average Bonchev–Trinajstić information content (AvgIpc) is 3.49. The first kappa shape index (κ1) is 28.5. The van der Waals surface area contributed by atoms with Crippen molar-refractivity contribution in [2.24, 2.45) is 17.8 Å². The van der Waals surface area contributed by atoms with Gasteiger partial charge in [-0.1, -0.05) is 24.3 Å². The molecule has 8 rings (SSSR count). The quantitative estimate of drug-likeness (QED) is 0.192. The Kier molecular flexibility index (Phi) is 7.79. The van der Waals surface area contributed by atoms with Crippen molar-refractivity contribution in [1.29, 1.82) is 0 Å². The van der Waals surface area contributed by atoms with Crippen LogP contribution in [0.1, 0.15) is 74.0 Å². The van der Waals surface area contributed by atoms with Gasteiger partial charge >= 0.3 is 0 Å². The van der Waals surface area contributed by atoms with Gasteiger partial charge in [0, 0.05) is 17.3 Å². The lowest BCUT2D eigenvalue weighted by Gasteiger charge is -2.56. The lowest BCUT2D eigenvalue weighted by Crippen LogP contribution is -2.49. The zero-order valence-corrected chi connectivity index (χ0v) is 25.6. The summed E-state index contributed by atoms with van der Waals surface area (Å²) in [4.78, 5) is 13.9. The molecule has 1 aromatic heterocycles. The van der Waals surface area contributed by atoms with Gasteiger partial charge in [-0.25, -0.2) is 4.68 Å². The van der Waals surface area contributed by atoms with Crippen molar-refractivity contribution in [3.8, 4) is 22.9 Å². The van der Waals surface area contributed by atoms with Crippen LogP contribution in [0.5, 0.6) is 17.2 Å². The molecule has 4 fully saturated rings. The van der Waals surface area contributed by atoms with Gasteiger partial charge in [0.15, 0.2) is 11.5 Å². The number of hydrogen-bond acceptors (Lipinski definition) is 5. The summed E-state index contributed by atoms with van der Waals surface area (Å²) in [5.41, 5.74) is 4.37. The van der Waals surface area contributed by atoms with Gasteiger partial charge in [-0.15, -0.1) is 0 Å². The number of nitrogens with one attached hydrogen (secondary N) is 1. The van der Waals surface area contributed by atoms with Crippen LogP contribution in [0.4, 0.5) is 5.69 Å². The number of hydrogen-bond donors (Lipinski definition) is 1. The molecule has 4 aromatic rings. The molecule has 0 spiro atoms. The topological polar surface area (TPSA) is 74.6 Å². The van der Waals surface area contributed by atoms with E-state index in [2.05, 4.69) is 5.32 Å². The van der Waals surface area contributed by atoms with Crippen molar-refractivity contribution < 1.29 is 19.0 Å². The highest BCUT2D eigenvalue weighted by Crippen LogP contribution is 2.61. The van der Waals surface area contributed by atoms with Gasteiger partial charge < -0.3 is 19.5 Å². The number of para-hydroxylation sites is 1. The molecule has 0 unspecified atom stereocenters. The van der Waals surface area contributed by atoms with Crippen LogP contribution in [0, 0.1) is 17.8 Å². The van der Waals surface area contributed by atoms with E-state index in [4.69, 9.17) is 19.3 Å². The van der Waals surface area contributed by atoms with Gasteiger partial charge in [0.05, 0.1) is 30.2 Å². The van der Waals surface area contributed by atoms with E-state index >= 15 is 0 Å². The van der Waals surface area contributed by atoms with Crippen molar-refractivity contribution in [1.82, 2.24) is 9.78 Å². The fraction of sp³-hybridized carbons (Fsp3) is 0.405. The van der Waals surface area contributed by atoms with Crippen molar-refractivity contribution in [3.63, 3.8) is 0 Å². The summed E-state index contributed by atoms with van der Waals surface area (Å²) in [7, 11) is 0. The highest BCUT2D eigenvalue weighted by atomic mass is 16.5. The second-order valence-corrected chi connectivity index (χ2v) is 12.8. The Labute approximate surface area is 259 Å². The molecule has 4 bridgehead atoms. The maximum Gasteiger partial charge on any atom is 0.259 e. The minimum absolute atomic E-state index is 0.00204. The number of anilines is 1. The predicted octanol–water partition coefficient (Wildman–Crippen LogP) is 7.97. The van der Waals surface area contributed by atoms with E-state index in [-0.39, 0.29) is 11.3 Å². The molecule has 4 saturated carbocycles. The standard InChI is InChI=1S/C37H41N3O4/c1-3-42-33-15-10-25(19-34(33)43-4-2)24-44-31-13-11-29(12-14-31)38-36(41)32-23-40(30-8-6-5-7-9-30)39-35(32)37-20-26-16-27(21-37)18-28(17-26)22-37/h5-15,19,23,26-28H,3-4,16-18,20-22,24H2,1-2H3,(H,38,41). The molecule has 4 aliphatic carbocycles. The summed E-state index contributed by atoms with van der Waals surface area (Å²) in [6, 6.07) is 23.5. The molecule has 7 nitrogen and oxygen atoms in total. The largest absolute Gasteiger partial charge is 0.490 e. The van der Waals surface area contributed by atoms with E-state index in [9.17, 15) is 4.79 Å². The Morgan fingerprint density at radius 3 is 2.16 bits per heavy atom. The molecule has 44 heavy (non-hydrogen) atoms. The van der Waals surface area contributed by atoms with Crippen LogP contribution in [0.25, 0.3) is 5.69 Å². The minimum atomic E-state index is -0.107. The van der Waals surface area contributed by atoms with Crippen molar-refractivity contribution >= 4 is 11.6 Å².